The lowest BCUT2D eigenvalue weighted by atomic mass is 10.2. The van der Waals surface area contributed by atoms with Gasteiger partial charge in [-0.15, -0.1) is 0 Å². The Morgan fingerprint density at radius 2 is 2.00 bits per heavy atom. The summed E-state index contributed by atoms with van der Waals surface area (Å²) in [5.74, 6) is -0.786. The first kappa shape index (κ1) is 17.2. The molecule has 0 radical (unpaired) electrons. The number of anilines is 1. The van der Waals surface area contributed by atoms with Crippen LogP contribution in [0.3, 0.4) is 0 Å². The number of rotatable bonds is 4. The minimum absolute atomic E-state index is 0.0444. The van der Waals surface area contributed by atoms with Crippen LogP contribution < -0.4 is 5.73 Å². The summed E-state index contributed by atoms with van der Waals surface area (Å²) >= 11 is 5.80. The lowest BCUT2D eigenvalue weighted by molar-refractivity contribution is 0.0234. The fourth-order valence-electron chi connectivity index (χ4n) is 2.55. The molecule has 1 unspecified atom stereocenters. The molecule has 0 fully saturated rings. The average molecular weight is 366 g/mol. The third kappa shape index (κ3) is 3.28. The van der Waals surface area contributed by atoms with Crippen LogP contribution >= 0.6 is 11.6 Å². The number of ether oxygens (including phenoxy) is 1. The van der Waals surface area contributed by atoms with Crippen LogP contribution in [0.2, 0.25) is 5.02 Å². The molecule has 0 aliphatic carbocycles. The van der Waals surface area contributed by atoms with Gasteiger partial charge in [-0.05, 0) is 37.3 Å². The van der Waals surface area contributed by atoms with Crippen molar-refractivity contribution in [2.45, 2.75) is 19.6 Å². The zero-order valence-corrected chi connectivity index (χ0v) is 13.9. The largest absolute Gasteiger partial charge is 0.451 e. The summed E-state index contributed by atoms with van der Waals surface area (Å²) < 4.78 is 33.0. The smallest absolute Gasteiger partial charge is 0.340 e. The number of benzene rings is 2. The molecule has 130 valence electrons. The van der Waals surface area contributed by atoms with Gasteiger partial charge in [-0.1, -0.05) is 23.7 Å². The highest BCUT2D eigenvalue weighted by Gasteiger charge is 2.25. The standard InChI is InChI=1S/C17H14ClF2N3O2/c1-9(25-16(24)11-7-6-10(18)8-12(11)21)15-22-13-4-2-3-5-14(13)23(15)17(19)20/h2-9,17H,21H2,1H3. The normalized spacial score (nSPS) is 12.5. The Hall–Kier alpha value is -2.67. The molecular formula is C17H14ClF2N3O2. The number of imidazole rings is 1. The molecule has 2 aromatic carbocycles. The molecule has 8 heteroatoms. The Kier molecular flexibility index (Phi) is 4.59. The van der Waals surface area contributed by atoms with Crippen LogP contribution in [0.25, 0.3) is 11.0 Å². The molecule has 1 atom stereocenters. The number of hydrogen-bond acceptors (Lipinski definition) is 4. The van der Waals surface area contributed by atoms with E-state index < -0.39 is 18.6 Å². The van der Waals surface area contributed by atoms with E-state index in [0.29, 0.717) is 10.5 Å². The van der Waals surface area contributed by atoms with E-state index in [4.69, 9.17) is 22.1 Å². The average Bonchev–Trinajstić information content (AvgIpc) is 2.94. The summed E-state index contributed by atoms with van der Waals surface area (Å²) in [7, 11) is 0. The summed E-state index contributed by atoms with van der Waals surface area (Å²) in [5.41, 5.74) is 6.66. The third-order valence-electron chi connectivity index (χ3n) is 3.70. The molecule has 3 rings (SSSR count). The molecule has 0 spiro atoms. The maximum absolute atomic E-state index is 13.5. The SMILES string of the molecule is CC(OC(=O)c1ccc(Cl)cc1N)c1nc2ccccc2n1C(F)F. The molecule has 1 aromatic heterocycles. The highest BCUT2D eigenvalue weighted by molar-refractivity contribution is 6.31. The summed E-state index contributed by atoms with van der Waals surface area (Å²) in [5, 5.41) is 0.376. The van der Waals surface area contributed by atoms with Gasteiger partial charge in [0.05, 0.1) is 16.6 Å². The highest BCUT2D eigenvalue weighted by atomic mass is 35.5. The second kappa shape index (κ2) is 6.68. The number of nitrogens with two attached hydrogens (primary N) is 1. The van der Waals surface area contributed by atoms with Crippen LogP contribution in [0.5, 0.6) is 0 Å². The maximum Gasteiger partial charge on any atom is 0.340 e. The Bertz CT molecular complexity index is 943. The number of carbonyl (C=O) groups excluding carboxylic acids is 1. The van der Waals surface area contributed by atoms with Crippen molar-refractivity contribution in [3.63, 3.8) is 0 Å². The number of nitrogen functional groups attached to an aromatic ring is 1. The quantitative estimate of drug-likeness (QED) is 0.542. The number of nitrogens with zero attached hydrogens (tertiary/aromatic N) is 2. The van der Waals surface area contributed by atoms with Crippen LogP contribution in [0.4, 0.5) is 14.5 Å². The van der Waals surface area contributed by atoms with Gasteiger partial charge in [0.1, 0.15) is 0 Å². The molecule has 5 nitrogen and oxygen atoms in total. The molecule has 0 amide bonds. The maximum atomic E-state index is 13.5. The van der Waals surface area contributed by atoms with Crippen LogP contribution in [-0.4, -0.2) is 15.5 Å². The first-order valence-corrected chi connectivity index (χ1v) is 7.77. The first-order chi connectivity index (χ1) is 11.9. The molecule has 25 heavy (non-hydrogen) atoms. The molecule has 1 heterocycles. The molecule has 0 aliphatic rings. The number of para-hydroxylation sites is 2. The van der Waals surface area contributed by atoms with E-state index in [2.05, 4.69) is 4.98 Å². The number of hydrogen-bond donors (Lipinski definition) is 1. The summed E-state index contributed by atoms with van der Waals surface area (Å²) in [6.07, 6.45) is -0.996. The van der Waals surface area contributed by atoms with E-state index in [0.717, 1.165) is 4.57 Å². The molecule has 0 saturated heterocycles. The van der Waals surface area contributed by atoms with Crippen LogP contribution in [-0.2, 0) is 4.74 Å². The Morgan fingerprint density at radius 1 is 1.28 bits per heavy atom. The molecule has 0 saturated carbocycles. The van der Waals surface area contributed by atoms with E-state index in [1.807, 2.05) is 0 Å². The van der Waals surface area contributed by atoms with Gasteiger partial charge in [0.15, 0.2) is 11.9 Å². The second-order valence-corrected chi connectivity index (χ2v) is 5.82. The van der Waals surface area contributed by atoms with Gasteiger partial charge in [-0.25, -0.2) is 9.78 Å². The summed E-state index contributed by atoms with van der Waals surface area (Å²) in [6.45, 7) is -1.34. The fourth-order valence-corrected chi connectivity index (χ4v) is 2.73. The number of aromatic nitrogens is 2. The van der Waals surface area contributed by atoms with Gasteiger partial charge in [-0.3, -0.25) is 4.57 Å². The Balaban J connectivity index is 1.93. The number of esters is 1. The van der Waals surface area contributed by atoms with Crippen molar-refractivity contribution in [1.29, 1.82) is 0 Å². The van der Waals surface area contributed by atoms with Crippen molar-refractivity contribution in [2.24, 2.45) is 0 Å². The monoisotopic (exact) mass is 365 g/mol. The van der Waals surface area contributed by atoms with Crippen LogP contribution in [0, 0.1) is 0 Å². The van der Waals surface area contributed by atoms with Crippen molar-refractivity contribution in [3.05, 3.63) is 58.9 Å². The molecule has 0 aliphatic heterocycles. The van der Waals surface area contributed by atoms with Crippen LogP contribution in [0.1, 0.15) is 35.8 Å². The minimum Gasteiger partial charge on any atom is -0.451 e. The summed E-state index contributed by atoms with van der Waals surface area (Å²) in [4.78, 5) is 16.5. The lowest BCUT2D eigenvalue weighted by Gasteiger charge is -2.15. The highest BCUT2D eigenvalue weighted by Crippen LogP contribution is 2.29. The third-order valence-corrected chi connectivity index (χ3v) is 3.93. The van der Waals surface area contributed by atoms with E-state index >= 15 is 0 Å². The summed E-state index contributed by atoms with van der Waals surface area (Å²) in [6, 6.07) is 10.8. The molecule has 3 aromatic rings. The van der Waals surface area contributed by atoms with E-state index in [-0.39, 0.29) is 22.6 Å². The number of halogens is 3. The minimum atomic E-state index is -2.82. The number of fused-ring (bicyclic) bond motifs is 1. The molecular weight excluding hydrogens is 352 g/mol. The topological polar surface area (TPSA) is 70.1 Å². The van der Waals surface area contributed by atoms with Gasteiger partial charge in [0.2, 0.25) is 0 Å². The van der Waals surface area contributed by atoms with E-state index in [1.165, 1.54) is 31.2 Å². The van der Waals surface area contributed by atoms with Crippen molar-refractivity contribution < 1.29 is 18.3 Å². The van der Waals surface area contributed by atoms with Crippen molar-refractivity contribution >= 4 is 34.3 Å². The van der Waals surface area contributed by atoms with Crippen molar-refractivity contribution in [2.75, 3.05) is 5.73 Å². The van der Waals surface area contributed by atoms with Gasteiger partial charge < -0.3 is 10.5 Å². The lowest BCUT2D eigenvalue weighted by Crippen LogP contribution is -2.15. The van der Waals surface area contributed by atoms with E-state index in [1.54, 1.807) is 18.2 Å². The Labute approximate surface area is 147 Å². The number of carbonyl (C=O) groups is 1. The number of alkyl halides is 2. The van der Waals surface area contributed by atoms with Gasteiger partial charge in [-0.2, -0.15) is 8.78 Å². The van der Waals surface area contributed by atoms with Crippen LogP contribution in [0.15, 0.2) is 42.5 Å². The first-order valence-electron chi connectivity index (χ1n) is 7.39. The van der Waals surface area contributed by atoms with Crippen molar-refractivity contribution in [3.8, 4) is 0 Å². The van der Waals surface area contributed by atoms with Crippen molar-refractivity contribution in [1.82, 2.24) is 9.55 Å². The van der Waals surface area contributed by atoms with Gasteiger partial charge >= 0.3 is 12.5 Å². The van der Waals surface area contributed by atoms with Gasteiger partial charge in [0.25, 0.3) is 0 Å². The zero-order chi connectivity index (χ0) is 18.1. The molecule has 2 N–H and O–H groups in total. The predicted molar refractivity (Wildman–Crippen MR) is 90.7 cm³/mol. The Morgan fingerprint density at radius 3 is 2.68 bits per heavy atom. The molecule has 0 bridgehead atoms. The second-order valence-electron chi connectivity index (χ2n) is 5.39. The predicted octanol–water partition coefficient (Wildman–Crippen LogP) is 4.59. The van der Waals surface area contributed by atoms with Gasteiger partial charge in [0, 0.05) is 10.7 Å². The zero-order valence-electron chi connectivity index (χ0n) is 13.1. The fraction of sp³-hybridized carbons (Fsp3) is 0.176. The van der Waals surface area contributed by atoms with E-state index in [9.17, 15) is 13.6 Å².